The van der Waals surface area contributed by atoms with Gasteiger partial charge >= 0.3 is 0 Å². The standard InChI is InChI=1S/C32H25BrCl2N2O4/c1-2-39-31-16-22(5-14-30(31)41-20-23-6-9-26(34)17-29(23)35)15-24(18-36)32(38)37-27-10-12-28(13-11-27)40-19-21-3-7-25(33)8-4-21/h3-17H,2,19-20H2,1H3,(H,37,38)/b24-15+. The molecule has 9 heteroatoms. The maximum Gasteiger partial charge on any atom is 0.266 e. The van der Waals surface area contributed by atoms with Crippen molar-refractivity contribution in [1.29, 1.82) is 5.26 Å². The summed E-state index contributed by atoms with van der Waals surface area (Å²) < 4.78 is 18.5. The largest absolute Gasteiger partial charge is 0.490 e. The molecule has 0 saturated carbocycles. The molecule has 0 aromatic heterocycles. The second-order valence-corrected chi connectivity index (χ2v) is 10.5. The van der Waals surface area contributed by atoms with Crippen molar-refractivity contribution in [2.45, 2.75) is 20.1 Å². The molecule has 0 saturated heterocycles. The summed E-state index contributed by atoms with van der Waals surface area (Å²) in [4.78, 5) is 12.8. The van der Waals surface area contributed by atoms with Gasteiger partial charge in [-0.05, 0) is 84.8 Å². The summed E-state index contributed by atoms with van der Waals surface area (Å²) in [5.41, 5.74) is 2.88. The Labute approximate surface area is 257 Å². The number of carbonyl (C=O) groups excluding carboxylic acids is 1. The van der Waals surface area contributed by atoms with E-state index in [9.17, 15) is 10.1 Å². The van der Waals surface area contributed by atoms with Gasteiger partial charge in [-0.1, -0.05) is 63.4 Å². The lowest BCUT2D eigenvalue weighted by Crippen LogP contribution is -2.13. The highest BCUT2D eigenvalue weighted by Crippen LogP contribution is 2.31. The van der Waals surface area contributed by atoms with Gasteiger partial charge < -0.3 is 19.5 Å². The number of anilines is 1. The number of ether oxygens (including phenoxy) is 3. The Kier molecular flexibility index (Phi) is 10.7. The van der Waals surface area contributed by atoms with Crippen molar-refractivity contribution in [1.82, 2.24) is 0 Å². The second kappa shape index (κ2) is 14.6. The Balaban J connectivity index is 1.40. The van der Waals surface area contributed by atoms with E-state index in [1.165, 1.54) is 6.08 Å². The van der Waals surface area contributed by atoms with Crippen LogP contribution >= 0.6 is 39.1 Å². The zero-order valence-electron chi connectivity index (χ0n) is 22.0. The number of carbonyl (C=O) groups is 1. The van der Waals surface area contributed by atoms with Gasteiger partial charge in [0.15, 0.2) is 11.5 Å². The number of hydrogen-bond acceptors (Lipinski definition) is 5. The quantitative estimate of drug-likeness (QED) is 0.129. The predicted octanol–water partition coefficient (Wildman–Crippen LogP) is 8.86. The Morgan fingerprint density at radius 1 is 0.902 bits per heavy atom. The van der Waals surface area contributed by atoms with Crippen molar-refractivity contribution in [3.05, 3.63) is 122 Å². The van der Waals surface area contributed by atoms with E-state index in [2.05, 4.69) is 21.2 Å². The molecule has 0 unspecified atom stereocenters. The van der Waals surface area contributed by atoms with E-state index in [1.807, 2.05) is 37.3 Å². The SMILES string of the molecule is CCOc1cc(/C=C(\C#N)C(=O)Nc2ccc(OCc3ccc(Br)cc3)cc2)ccc1OCc1ccc(Cl)cc1Cl. The Hall–Kier alpha value is -3.96. The number of halogens is 3. The van der Waals surface area contributed by atoms with Gasteiger partial charge in [0.2, 0.25) is 0 Å². The van der Waals surface area contributed by atoms with Crippen LogP contribution in [-0.2, 0) is 18.0 Å². The number of nitrogens with zero attached hydrogens (tertiary/aromatic N) is 1. The van der Waals surface area contributed by atoms with E-state index in [-0.39, 0.29) is 12.2 Å². The van der Waals surface area contributed by atoms with Gasteiger partial charge in [0.05, 0.1) is 6.61 Å². The molecule has 0 bridgehead atoms. The first-order chi connectivity index (χ1) is 19.8. The van der Waals surface area contributed by atoms with Gasteiger partial charge in [-0.25, -0.2) is 0 Å². The van der Waals surface area contributed by atoms with Crippen LogP contribution in [0, 0.1) is 11.3 Å². The molecule has 0 heterocycles. The van der Waals surface area contributed by atoms with E-state index >= 15 is 0 Å². The summed E-state index contributed by atoms with van der Waals surface area (Å²) >= 11 is 15.6. The van der Waals surface area contributed by atoms with Gasteiger partial charge in [0.1, 0.15) is 30.6 Å². The lowest BCUT2D eigenvalue weighted by Gasteiger charge is -2.13. The van der Waals surface area contributed by atoms with Gasteiger partial charge in [-0.3, -0.25) is 4.79 Å². The number of nitrogens with one attached hydrogen (secondary N) is 1. The van der Waals surface area contributed by atoms with E-state index in [1.54, 1.807) is 60.7 Å². The molecule has 0 atom stereocenters. The lowest BCUT2D eigenvalue weighted by molar-refractivity contribution is -0.112. The zero-order valence-corrected chi connectivity index (χ0v) is 25.1. The maximum absolute atomic E-state index is 12.8. The van der Waals surface area contributed by atoms with Crippen LogP contribution in [0.1, 0.15) is 23.6 Å². The van der Waals surface area contributed by atoms with Crippen molar-refractivity contribution in [2.24, 2.45) is 0 Å². The molecule has 4 aromatic rings. The molecule has 6 nitrogen and oxygen atoms in total. The van der Waals surface area contributed by atoms with Crippen molar-refractivity contribution in [3.8, 4) is 23.3 Å². The summed E-state index contributed by atoms with van der Waals surface area (Å²) in [7, 11) is 0. The highest BCUT2D eigenvalue weighted by Gasteiger charge is 2.13. The fourth-order valence-corrected chi connectivity index (χ4v) is 4.42. The molecular formula is C32H25BrCl2N2O4. The van der Waals surface area contributed by atoms with Crippen molar-refractivity contribution in [3.63, 3.8) is 0 Å². The molecule has 1 amide bonds. The van der Waals surface area contributed by atoms with Crippen LogP contribution in [0.2, 0.25) is 10.0 Å². The first-order valence-corrected chi connectivity index (χ1v) is 14.1. The average Bonchev–Trinajstić information content (AvgIpc) is 2.97. The molecule has 0 aliphatic heterocycles. The fourth-order valence-electron chi connectivity index (χ4n) is 3.69. The molecule has 208 valence electrons. The van der Waals surface area contributed by atoms with E-state index < -0.39 is 5.91 Å². The second-order valence-electron chi connectivity index (χ2n) is 8.73. The number of rotatable bonds is 11. The third-order valence-electron chi connectivity index (χ3n) is 5.77. The first kappa shape index (κ1) is 30.0. The maximum atomic E-state index is 12.8. The van der Waals surface area contributed by atoms with Gasteiger partial charge in [-0.15, -0.1) is 0 Å². The molecule has 0 spiro atoms. The van der Waals surface area contributed by atoms with Crippen molar-refractivity contribution >= 4 is 56.8 Å². The van der Waals surface area contributed by atoms with Crippen molar-refractivity contribution in [2.75, 3.05) is 11.9 Å². The minimum absolute atomic E-state index is 0.0652. The first-order valence-electron chi connectivity index (χ1n) is 12.6. The minimum Gasteiger partial charge on any atom is -0.490 e. The molecular weight excluding hydrogens is 627 g/mol. The Morgan fingerprint density at radius 2 is 1.66 bits per heavy atom. The highest BCUT2D eigenvalue weighted by atomic mass is 79.9. The molecule has 0 fully saturated rings. The zero-order chi connectivity index (χ0) is 29.2. The molecule has 41 heavy (non-hydrogen) atoms. The topological polar surface area (TPSA) is 80.6 Å². The van der Waals surface area contributed by atoms with E-state index in [0.29, 0.717) is 51.8 Å². The number of benzene rings is 4. The Bertz CT molecular complexity index is 1580. The average molecular weight is 652 g/mol. The molecule has 4 aromatic carbocycles. The Morgan fingerprint density at radius 3 is 2.34 bits per heavy atom. The number of nitriles is 1. The number of amides is 1. The minimum atomic E-state index is -0.535. The van der Waals surface area contributed by atoms with Gasteiger partial charge in [0, 0.05) is 25.8 Å². The van der Waals surface area contributed by atoms with E-state index in [4.69, 9.17) is 37.4 Å². The third kappa shape index (κ3) is 8.76. The van der Waals surface area contributed by atoms with Crippen LogP contribution in [0.15, 0.2) is 95.0 Å². The molecule has 4 rings (SSSR count). The van der Waals surface area contributed by atoms with Crippen LogP contribution in [0.4, 0.5) is 5.69 Å². The molecule has 0 aliphatic carbocycles. The molecule has 0 radical (unpaired) electrons. The molecule has 0 aliphatic rings. The smallest absolute Gasteiger partial charge is 0.266 e. The number of hydrogen-bond donors (Lipinski definition) is 1. The summed E-state index contributed by atoms with van der Waals surface area (Å²) in [5, 5.41) is 13.5. The van der Waals surface area contributed by atoms with Crippen LogP contribution in [0.25, 0.3) is 6.08 Å². The van der Waals surface area contributed by atoms with Gasteiger partial charge in [-0.2, -0.15) is 5.26 Å². The van der Waals surface area contributed by atoms with Crippen LogP contribution in [0.3, 0.4) is 0 Å². The normalized spacial score (nSPS) is 11.0. The summed E-state index contributed by atoms with van der Waals surface area (Å²) in [6, 6.07) is 27.2. The molecule has 1 N–H and O–H groups in total. The fraction of sp³-hybridized carbons (Fsp3) is 0.125. The van der Waals surface area contributed by atoms with Crippen LogP contribution < -0.4 is 19.5 Å². The highest BCUT2D eigenvalue weighted by molar-refractivity contribution is 9.10. The van der Waals surface area contributed by atoms with Crippen molar-refractivity contribution < 1.29 is 19.0 Å². The summed E-state index contributed by atoms with van der Waals surface area (Å²) in [5.74, 6) is 1.10. The summed E-state index contributed by atoms with van der Waals surface area (Å²) in [6.45, 7) is 2.89. The van der Waals surface area contributed by atoms with Gasteiger partial charge in [0.25, 0.3) is 5.91 Å². The predicted molar refractivity (Wildman–Crippen MR) is 166 cm³/mol. The van der Waals surface area contributed by atoms with E-state index in [0.717, 1.165) is 15.6 Å². The lowest BCUT2D eigenvalue weighted by atomic mass is 10.1. The van der Waals surface area contributed by atoms with Crippen LogP contribution in [-0.4, -0.2) is 12.5 Å². The monoisotopic (exact) mass is 650 g/mol. The third-order valence-corrected chi connectivity index (χ3v) is 6.89. The van der Waals surface area contributed by atoms with Crippen LogP contribution in [0.5, 0.6) is 17.2 Å². The summed E-state index contributed by atoms with van der Waals surface area (Å²) in [6.07, 6.45) is 1.49.